The normalized spacial score (nSPS) is 34.9. The Bertz CT molecular complexity index is 1120. The number of benzene rings is 1. The molecule has 1 aromatic rings. The van der Waals surface area contributed by atoms with Crippen molar-refractivity contribution in [3.8, 4) is 5.75 Å². The molecule has 1 saturated carbocycles. The molecule has 10 nitrogen and oxygen atoms in total. The van der Waals surface area contributed by atoms with Gasteiger partial charge < -0.3 is 35.7 Å². The molecule has 5 atom stereocenters. The number of hydrogen-bond donors (Lipinski definition) is 7. The van der Waals surface area contributed by atoms with E-state index in [1.165, 1.54) is 12.1 Å². The van der Waals surface area contributed by atoms with Crippen LogP contribution in [0.5, 0.6) is 5.75 Å². The van der Waals surface area contributed by atoms with Crippen LogP contribution in [0.15, 0.2) is 35.1 Å². The molecule has 1 aromatic carbocycles. The van der Waals surface area contributed by atoms with E-state index in [2.05, 4.69) is 0 Å². The predicted molar refractivity (Wildman–Crippen MR) is 102 cm³/mol. The van der Waals surface area contributed by atoms with Crippen LogP contribution in [0.4, 0.5) is 0 Å². The Labute approximate surface area is 175 Å². The molecule has 4 rings (SSSR count). The van der Waals surface area contributed by atoms with E-state index in [0.29, 0.717) is 0 Å². The number of hydrogen-bond acceptors (Lipinski definition) is 10. The zero-order valence-electron chi connectivity index (χ0n) is 16.2. The smallest absolute Gasteiger partial charge is 0.202 e. The van der Waals surface area contributed by atoms with E-state index >= 15 is 0 Å². The second-order valence-corrected chi connectivity index (χ2v) is 8.12. The van der Waals surface area contributed by atoms with Crippen LogP contribution in [0.1, 0.15) is 24.5 Å². The lowest BCUT2D eigenvalue weighted by Gasteiger charge is -2.53. The van der Waals surface area contributed by atoms with Gasteiger partial charge in [0.2, 0.25) is 5.78 Å². The number of phenolic OH excluding ortho intramolecular Hbond substituents is 1. The minimum atomic E-state index is -2.94. The van der Waals surface area contributed by atoms with Crippen molar-refractivity contribution >= 4 is 23.1 Å². The SMILES string of the molecule is CC(=O)C1=C(O)[C@@]2(O)C(=O)C3=C(O)c4c(O)cccc4C(O)(CO)[C@H]3[C@H](O)[C@H]2CC1=O. The first-order chi connectivity index (χ1) is 14.4. The average molecular weight is 432 g/mol. The topological polar surface area (TPSA) is 193 Å². The van der Waals surface area contributed by atoms with Crippen molar-refractivity contribution < 1.29 is 50.1 Å². The molecule has 3 aliphatic carbocycles. The van der Waals surface area contributed by atoms with Gasteiger partial charge in [-0.25, -0.2) is 0 Å². The fourth-order valence-corrected chi connectivity index (χ4v) is 5.12. The summed E-state index contributed by atoms with van der Waals surface area (Å²) in [6.45, 7) is -0.0926. The number of aliphatic hydroxyl groups is 6. The maximum atomic E-state index is 13.4. The highest BCUT2D eigenvalue weighted by Crippen LogP contribution is 2.56. The molecule has 31 heavy (non-hydrogen) atoms. The second kappa shape index (κ2) is 6.47. The summed E-state index contributed by atoms with van der Waals surface area (Å²) in [5, 5.41) is 75.1. The molecular weight excluding hydrogens is 412 g/mol. The van der Waals surface area contributed by atoms with Crippen molar-refractivity contribution in [2.75, 3.05) is 6.61 Å². The summed E-state index contributed by atoms with van der Waals surface area (Å²) in [5.74, 6) is -9.24. The van der Waals surface area contributed by atoms with E-state index in [0.717, 1.165) is 13.0 Å². The van der Waals surface area contributed by atoms with E-state index in [-0.39, 0.29) is 5.56 Å². The van der Waals surface area contributed by atoms with Gasteiger partial charge in [-0.1, -0.05) is 12.1 Å². The number of carbonyl (C=O) groups is 3. The number of rotatable bonds is 2. The maximum Gasteiger partial charge on any atom is 0.202 e. The molecule has 0 amide bonds. The highest BCUT2D eigenvalue weighted by molar-refractivity contribution is 6.23. The van der Waals surface area contributed by atoms with Crippen LogP contribution >= 0.6 is 0 Å². The number of aliphatic hydroxyl groups excluding tert-OH is 4. The van der Waals surface area contributed by atoms with Crippen molar-refractivity contribution in [3.05, 3.63) is 46.2 Å². The number of carbonyl (C=O) groups excluding carboxylic acids is 3. The molecule has 0 spiro atoms. The van der Waals surface area contributed by atoms with E-state index in [4.69, 9.17) is 0 Å². The third kappa shape index (κ3) is 2.38. The number of Topliss-reactive ketones (excluding diaryl/α,β-unsaturated/α-hetero) is 3. The summed E-state index contributed by atoms with van der Waals surface area (Å²) in [7, 11) is 0. The number of allylic oxidation sites excluding steroid dienone is 1. The Kier molecular flexibility index (Phi) is 4.43. The van der Waals surface area contributed by atoms with E-state index in [9.17, 15) is 50.1 Å². The fraction of sp³-hybridized carbons (Fsp3) is 0.381. The Morgan fingerprint density at radius 2 is 1.81 bits per heavy atom. The molecule has 0 bridgehead atoms. The van der Waals surface area contributed by atoms with Crippen LogP contribution in [0, 0.1) is 11.8 Å². The van der Waals surface area contributed by atoms with Crippen molar-refractivity contribution in [2.45, 2.75) is 30.7 Å². The summed E-state index contributed by atoms with van der Waals surface area (Å²) < 4.78 is 0. The average Bonchev–Trinajstić information content (AvgIpc) is 2.70. The molecule has 1 unspecified atom stereocenters. The third-order valence-electron chi connectivity index (χ3n) is 6.58. The van der Waals surface area contributed by atoms with Gasteiger partial charge in [-0.3, -0.25) is 14.4 Å². The summed E-state index contributed by atoms with van der Waals surface area (Å²) in [4.78, 5) is 37.7. The van der Waals surface area contributed by atoms with Crippen LogP contribution in [-0.2, 0) is 20.0 Å². The summed E-state index contributed by atoms with van der Waals surface area (Å²) in [6, 6.07) is 3.74. The van der Waals surface area contributed by atoms with Crippen LogP contribution in [0.2, 0.25) is 0 Å². The van der Waals surface area contributed by atoms with Crippen LogP contribution in [-0.4, -0.2) is 71.4 Å². The van der Waals surface area contributed by atoms with Crippen LogP contribution in [0.3, 0.4) is 0 Å². The van der Waals surface area contributed by atoms with Crippen molar-refractivity contribution in [3.63, 3.8) is 0 Å². The van der Waals surface area contributed by atoms with Crippen molar-refractivity contribution in [1.29, 1.82) is 0 Å². The van der Waals surface area contributed by atoms with Crippen molar-refractivity contribution in [2.24, 2.45) is 11.8 Å². The minimum Gasteiger partial charge on any atom is -0.508 e. The highest BCUT2D eigenvalue weighted by atomic mass is 16.4. The molecule has 0 aromatic heterocycles. The Morgan fingerprint density at radius 1 is 1.16 bits per heavy atom. The summed E-state index contributed by atoms with van der Waals surface area (Å²) >= 11 is 0. The standard InChI is InChI=1S/C21H20O10/c1-7(23)12-11(25)5-9-16(26)15-14(19(29)21(9,31)18(12)28)17(27)13-8(20(15,30)6-22)3-2-4-10(13)24/h2-4,9,15-16,22,24,26-28,30-31H,5-6H2,1H3/t9-,15-,16-,20?,21-/m1/s1. The zero-order chi connectivity index (χ0) is 23.0. The Hall–Kier alpha value is -3.05. The summed E-state index contributed by atoms with van der Waals surface area (Å²) in [6.07, 6.45) is -2.62. The van der Waals surface area contributed by atoms with Gasteiger partial charge >= 0.3 is 0 Å². The highest BCUT2D eigenvalue weighted by Gasteiger charge is 2.67. The number of aromatic hydroxyl groups is 1. The molecular formula is C21H20O10. The molecule has 10 heteroatoms. The minimum absolute atomic E-state index is 0.176. The van der Waals surface area contributed by atoms with Crippen LogP contribution in [0.25, 0.3) is 5.76 Å². The first-order valence-corrected chi connectivity index (χ1v) is 9.45. The number of phenols is 1. The molecule has 0 heterocycles. The van der Waals surface area contributed by atoms with Crippen molar-refractivity contribution in [1.82, 2.24) is 0 Å². The molecule has 1 fully saturated rings. The molecule has 0 aliphatic heterocycles. The van der Waals surface area contributed by atoms with Gasteiger partial charge in [0.15, 0.2) is 17.2 Å². The molecule has 3 aliphatic rings. The largest absolute Gasteiger partial charge is 0.508 e. The van der Waals surface area contributed by atoms with E-state index < -0.39 is 93.5 Å². The van der Waals surface area contributed by atoms with Gasteiger partial charge in [-0.15, -0.1) is 0 Å². The molecule has 7 N–H and O–H groups in total. The first-order valence-electron chi connectivity index (χ1n) is 9.45. The van der Waals surface area contributed by atoms with E-state index in [1.54, 1.807) is 0 Å². The maximum absolute atomic E-state index is 13.4. The lowest BCUT2D eigenvalue weighted by molar-refractivity contribution is -0.179. The first kappa shape index (κ1) is 21.2. The van der Waals surface area contributed by atoms with Crippen LogP contribution < -0.4 is 0 Å². The predicted octanol–water partition coefficient (Wildman–Crippen LogP) is -0.864. The van der Waals surface area contributed by atoms with Gasteiger partial charge in [-0.05, 0) is 13.0 Å². The second-order valence-electron chi connectivity index (χ2n) is 8.12. The molecule has 0 radical (unpaired) electrons. The van der Waals surface area contributed by atoms with Gasteiger partial charge in [0, 0.05) is 17.9 Å². The lowest BCUT2D eigenvalue weighted by Crippen LogP contribution is -2.66. The zero-order valence-corrected chi connectivity index (χ0v) is 16.2. The van der Waals surface area contributed by atoms with Gasteiger partial charge in [0.25, 0.3) is 0 Å². The van der Waals surface area contributed by atoms with E-state index in [1.807, 2.05) is 0 Å². The molecule has 164 valence electrons. The van der Waals surface area contributed by atoms with Gasteiger partial charge in [-0.2, -0.15) is 0 Å². The monoisotopic (exact) mass is 432 g/mol. The van der Waals surface area contributed by atoms with Gasteiger partial charge in [0.05, 0.1) is 29.8 Å². The quantitative estimate of drug-likeness (QED) is 0.289. The number of ketones is 3. The summed E-state index contributed by atoms with van der Waals surface area (Å²) in [5.41, 5.74) is -7.43. The van der Waals surface area contributed by atoms with Gasteiger partial charge in [0.1, 0.15) is 28.4 Å². The fourth-order valence-electron chi connectivity index (χ4n) is 5.12. The number of fused-ring (bicyclic) bond motifs is 3. The third-order valence-corrected chi connectivity index (χ3v) is 6.58. The lowest BCUT2D eigenvalue weighted by atomic mass is 9.54. The Morgan fingerprint density at radius 3 is 2.39 bits per heavy atom. The molecule has 0 saturated heterocycles. The Balaban J connectivity index is 2.07.